The minimum atomic E-state index is -0.384. The predicted molar refractivity (Wildman–Crippen MR) is 76.4 cm³/mol. The minimum Gasteiger partial charge on any atom is -0.392 e. The van der Waals surface area contributed by atoms with Crippen LogP contribution < -0.4 is 5.32 Å². The van der Waals surface area contributed by atoms with Crippen LogP contribution in [-0.4, -0.2) is 27.5 Å². The SMILES string of the molecule is Cc1c(C(C)NCC(C)O)cnn1-c1ccc(F)cc1. The maximum Gasteiger partial charge on any atom is 0.123 e. The zero-order valence-corrected chi connectivity index (χ0v) is 12.0. The normalized spacial score (nSPS) is 14.2. The Labute approximate surface area is 118 Å². The van der Waals surface area contributed by atoms with Gasteiger partial charge in [-0.25, -0.2) is 9.07 Å². The van der Waals surface area contributed by atoms with Crippen molar-refractivity contribution in [3.63, 3.8) is 0 Å². The highest BCUT2D eigenvalue weighted by molar-refractivity contribution is 5.35. The number of hydrogen-bond acceptors (Lipinski definition) is 3. The molecule has 0 saturated heterocycles. The van der Waals surface area contributed by atoms with E-state index in [9.17, 15) is 9.50 Å². The molecule has 5 heteroatoms. The monoisotopic (exact) mass is 277 g/mol. The molecule has 108 valence electrons. The molecule has 2 N–H and O–H groups in total. The Morgan fingerprint density at radius 2 is 1.95 bits per heavy atom. The van der Waals surface area contributed by atoms with Gasteiger partial charge >= 0.3 is 0 Å². The van der Waals surface area contributed by atoms with E-state index in [-0.39, 0.29) is 18.0 Å². The van der Waals surface area contributed by atoms with Gasteiger partial charge in [0, 0.05) is 23.8 Å². The number of aliphatic hydroxyl groups excluding tert-OH is 1. The summed E-state index contributed by atoms with van der Waals surface area (Å²) in [6, 6.07) is 6.34. The summed E-state index contributed by atoms with van der Waals surface area (Å²) in [5.41, 5.74) is 2.90. The van der Waals surface area contributed by atoms with Crippen LogP contribution in [0.2, 0.25) is 0 Å². The Hall–Kier alpha value is -1.72. The van der Waals surface area contributed by atoms with Gasteiger partial charge in [-0.2, -0.15) is 5.10 Å². The van der Waals surface area contributed by atoms with Gasteiger partial charge in [-0.05, 0) is 45.0 Å². The van der Waals surface area contributed by atoms with Gasteiger partial charge in [0.25, 0.3) is 0 Å². The number of aromatic nitrogens is 2. The minimum absolute atomic E-state index is 0.0961. The van der Waals surface area contributed by atoms with Crippen molar-refractivity contribution in [1.29, 1.82) is 0 Å². The van der Waals surface area contributed by atoms with Gasteiger partial charge in [-0.1, -0.05) is 0 Å². The fourth-order valence-corrected chi connectivity index (χ4v) is 2.15. The molecule has 20 heavy (non-hydrogen) atoms. The number of benzene rings is 1. The molecule has 2 atom stereocenters. The van der Waals surface area contributed by atoms with Crippen molar-refractivity contribution < 1.29 is 9.50 Å². The number of rotatable bonds is 5. The van der Waals surface area contributed by atoms with Crippen LogP contribution in [0, 0.1) is 12.7 Å². The molecule has 0 aliphatic heterocycles. The third-order valence-corrected chi connectivity index (χ3v) is 3.30. The number of nitrogens with one attached hydrogen (secondary N) is 1. The lowest BCUT2D eigenvalue weighted by molar-refractivity contribution is 0.187. The average Bonchev–Trinajstić information content (AvgIpc) is 2.79. The first-order valence-corrected chi connectivity index (χ1v) is 6.71. The first kappa shape index (κ1) is 14.7. The van der Waals surface area contributed by atoms with Gasteiger partial charge in [0.1, 0.15) is 5.82 Å². The third kappa shape index (κ3) is 3.23. The van der Waals surface area contributed by atoms with E-state index < -0.39 is 0 Å². The smallest absolute Gasteiger partial charge is 0.123 e. The standard InChI is InChI=1S/C15H20FN3O/c1-10(20)8-17-11(2)15-9-18-19(12(15)3)14-6-4-13(16)5-7-14/h4-7,9-11,17,20H,8H2,1-3H3. The second-order valence-corrected chi connectivity index (χ2v) is 5.05. The summed E-state index contributed by atoms with van der Waals surface area (Å²) >= 11 is 0. The van der Waals surface area contributed by atoms with Gasteiger partial charge in [-0.3, -0.25) is 0 Å². The number of hydrogen-bond donors (Lipinski definition) is 2. The lowest BCUT2D eigenvalue weighted by Crippen LogP contribution is -2.27. The largest absolute Gasteiger partial charge is 0.392 e. The van der Waals surface area contributed by atoms with Gasteiger partial charge in [0.2, 0.25) is 0 Å². The molecule has 0 fully saturated rings. The van der Waals surface area contributed by atoms with Gasteiger partial charge in [0.15, 0.2) is 0 Å². The van der Waals surface area contributed by atoms with Crippen LogP contribution in [0.1, 0.15) is 31.1 Å². The molecule has 1 aromatic carbocycles. The molecule has 2 rings (SSSR count). The predicted octanol–water partition coefficient (Wildman–Crippen LogP) is 2.35. The summed E-state index contributed by atoms with van der Waals surface area (Å²) in [6.45, 7) is 6.28. The molecule has 0 amide bonds. The fourth-order valence-electron chi connectivity index (χ4n) is 2.15. The first-order valence-electron chi connectivity index (χ1n) is 6.71. The molecule has 0 radical (unpaired) electrons. The van der Waals surface area contributed by atoms with Crippen LogP contribution in [0.5, 0.6) is 0 Å². The highest BCUT2D eigenvalue weighted by Gasteiger charge is 2.14. The van der Waals surface area contributed by atoms with Crippen molar-refractivity contribution in [3.05, 3.63) is 47.5 Å². The second-order valence-electron chi connectivity index (χ2n) is 5.05. The maximum atomic E-state index is 12.9. The van der Waals surface area contributed by atoms with E-state index in [1.54, 1.807) is 29.9 Å². The molecule has 2 aromatic rings. The van der Waals surface area contributed by atoms with Crippen molar-refractivity contribution in [1.82, 2.24) is 15.1 Å². The molecule has 0 aliphatic carbocycles. The van der Waals surface area contributed by atoms with Crippen LogP contribution >= 0.6 is 0 Å². The zero-order chi connectivity index (χ0) is 14.7. The van der Waals surface area contributed by atoms with E-state index in [0.29, 0.717) is 6.54 Å². The molecule has 2 unspecified atom stereocenters. The van der Waals surface area contributed by atoms with E-state index in [4.69, 9.17) is 0 Å². The van der Waals surface area contributed by atoms with Crippen LogP contribution in [0.3, 0.4) is 0 Å². The molecular formula is C15H20FN3O. The van der Waals surface area contributed by atoms with Crippen molar-refractivity contribution in [2.45, 2.75) is 32.9 Å². The highest BCUT2D eigenvalue weighted by Crippen LogP contribution is 2.20. The van der Waals surface area contributed by atoms with Crippen molar-refractivity contribution >= 4 is 0 Å². The van der Waals surface area contributed by atoms with E-state index in [1.165, 1.54) is 12.1 Å². The summed E-state index contributed by atoms with van der Waals surface area (Å²) in [4.78, 5) is 0. The Kier molecular flexibility index (Phi) is 4.52. The number of nitrogens with zero attached hydrogens (tertiary/aromatic N) is 2. The summed E-state index contributed by atoms with van der Waals surface area (Å²) in [5, 5.41) is 16.9. The Balaban J connectivity index is 2.20. The molecule has 4 nitrogen and oxygen atoms in total. The topological polar surface area (TPSA) is 50.1 Å². The molecule has 1 aromatic heterocycles. The van der Waals surface area contributed by atoms with Crippen LogP contribution in [0.15, 0.2) is 30.5 Å². The lowest BCUT2D eigenvalue weighted by Gasteiger charge is -2.15. The zero-order valence-electron chi connectivity index (χ0n) is 12.0. The molecule has 0 aliphatic rings. The summed E-state index contributed by atoms with van der Waals surface area (Å²) in [7, 11) is 0. The second kappa shape index (κ2) is 6.15. The highest BCUT2D eigenvalue weighted by atomic mass is 19.1. The van der Waals surface area contributed by atoms with Crippen molar-refractivity contribution in [3.8, 4) is 5.69 Å². The number of halogens is 1. The van der Waals surface area contributed by atoms with E-state index >= 15 is 0 Å². The van der Waals surface area contributed by atoms with E-state index in [2.05, 4.69) is 10.4 Å². The van der Waals surface area contributed by atoms with Crippen LogP contribution in [0.25, 0.3) is 5.69 Å². The van der Waals surface area contributed by atoms with Crippen molar-refractivity contribution in [2.75, 3.05) is 6.54 Å². The first-order chi connectivity index (χ1) is 9.49. The summed E-state index contributed by atoms with van der Waals surface area (Å²) < 4.78 is 14.7. The summed E-state index contributed by atoms with van der Waals surface area (Å²) in [5.74, 6) is -0.259. The average molecular weight is 277 g/mol. The molecular weight excluding hydrogens is 257 g/mol. The quantitative estimate of drug-likeness (QED) is 0.882. The van der Waals surface area contributed by atoms with Gasteiger partial charge in [-0.15, -0.1) is 0 Å². The molecule has 0 spiro atoms. The Bertz CT molecular complexity index is 563. The van der Waals surface area contributed by atoms with Crippen LogP contribution in [0.4, 0.5) is 4.39 Å². The van der Waals surface area contributed by atoms with Gasteiger partial charge in [0.05, 0.1) is 18.0 Å². The Morgan fingerprint density at radius 1 is 1.30 bits per heavy atom. The lowest BCUT2D eigenvalue weighted by atomic mass is 10.1. The van der Waals surface area contributed by atoms with Gasteiger partial charge < -0.3 is 10.4 Å². The maximum absolute atomic E-state index is 12.9. The van der Waals surface area contributed by atoms with Crippen molar-refractivity contribution in [2.24, 2.45) is 0 Å². The molecule has 0 bridgehead atoms. The summed E-state index contributed by atoms with van der Waals surface area (Å²) in [6.07, 6.45) is 1.42. The van der Waals surface area contributed by atoms with E-state index in [0.717, 1.165) is 16.9 Å². The van der Waals surface area contributed by atoms with E-state index in [1.807, 2.05) is 13.8 Å². The Morgan fingerprint density at radius 3 is 2.55 bits per heavy atom. The fraction of sp³-hybridized carbons (Fsp3) is 0.400. The van der Waals surface area contributed by atoms with Crippen LogP contribution in [-0.2, 0) is 0 Å². The molecule has 0 saturated carbocycles. The third-order valence-electron chi connectivity index (χ3n) is 3.30. The number of aliphatic hydroxyl groups is 1. The molecule has 1 heterocycles.